The summed E-state index contributed by atoms with van der Waals surface area (Å²) in [5, 5.41) is 9.80. The van der Waals surface area contributed by atoms with Crippen molar-refractivity contribution in [3.05, 3.63) is 43.5 Å². The van der Waals surface area contributed by atoms with Gasteiger partial charge in [-0.25, -0.2) is 9.78 Å². The van der Waals surface area contributed by atoms with E-state index >= 15 is 0 Å². The van der Waals surface area contributed by atoms with Crippen LogP contribution in [0.2, 0.25) is 0 Å². The molecule has 21 heavy (non-hydrogen) atoms. The molecule has 0 saturated carbocycles. The maximum absolute atomic E-state index is 12.1. The van der Waals surface area contributed by atoms with Crippen molar-refractivity contribution in [3.8, 4) is 0 Å². The van der Waals surface area contributed by atoms with Crippen molar-refractivity contribution in [1.82, 2.24) is 14.5 Å². The van der Waals surface area contributed by atoms with E-state index in [9.17, 15) is 9.59 Å². The molecule has 2 aromatic heterocycles. The van der Waals surface area contributed by atoms with E-state index in [0.29, 0.717) is 23.5 Å². The van der Waals surface area contributed by atoms with Crippen LogP contribution in [0.1, 0.15) is 33.8 Å². The summed E-state index contributed by atoms with van der Waals surface area (Å²) >= 11 is 1.55. The number of nitrogens with zero attached hydrogens (tertiary/aromatic N) is 3. The van der Waals surface area contributed by atoms with E-state index in [1.807, 2.05) is 6.92 Å². The van der Waals surface area contributed by atoms with Crippen LogP contribution >= 0.6 is 11.3 Å². The number of thiazole rings is 1. The van der Waals surface area contributed by atoms with E-state index in [1.54, 1.807) is 31.4 Å². The van der Waals surface area contributed by atoms with Crippen molar-refractivity contribution >= 4 is 17.3 Å². The van der Waals surface area contributed by atoms with Gasteiger partial charge in [0.05, 0.1) is 13.0 Å². The van der Waals surface area contributed by atoms with Crippen LogP contribution in [0, 0.1) is 13.8 Å². The number of rotatable bonds is 5. The maximum atomic E-state index is 12.1. The van der Waals surface area contributed by atoms with Crippen LogP contribution in [-0.4, -0.2) is 25.6 Å². The molecule has 0 saturated heterocycles. The van der Waals surface area contributed by atoms with E-state index in [0.717, 1.165) is 16.3 Å². The van der Waals surface area contributed by atoms with Gasteiger partial charge in [0.2, 0.25) is 0 Å². The Balaban J connectivity index is 2.43. The second-order valence-electron chi connectivity index (χ2n) is 4.77. The van der Waals surface area contributed by atoms with E-state index in [1.165, 1.54) is 4.57 Å². The van der Waals surface area contributed by atoms with Crippen LogP contribution < -0.4 is 5.69 Å². The second-order valence-corrected chi connectivity index (χ2v) is 5.97. The van der Waals surface area contributed by atoms with Crippen molar-refractivity contribution in [2.24, 2.45) is 0 Å². The zero-order chi connectivity index (χ0) is 15.6. The Hall–Kier alpha value is -2.02. The topological polar surface area (TPSA) is 85.1 Å². The Morgan fingerprint density at radius 2 is 2.14 bits per heavy atom. The average molecular weight is 307 g/mol. The minimum atomic E-state index is -0.935. The lowest BCUT2D eigenvalue weighted by Crippen LogP contribution is -2.28. The van der Waals surface area contributed by atoms with Crippen molar-refractivity contribution < 1.29 is 9.90 Å². The van der Waals surface area contributed by atoms with Gasteiger partial charge >= 0.3 is 11.7 Å². The molecule has 0 fully saturated rings. The highest BCUT2D eigenvalue weighted by molar-refractivity contribution is 7.11. The summed E-state index contributed by atoms with van der Waals surface area (Å²) in [5.41, 5.74) is 1.34. The van der Waals surface area contributed by atoms with Crippen molar-refractivity contribution in [2.45, 2.75) is 40.2 Å². The number of hydrogen-bond donors (Lipinski definition) is 1. The summed E-state index contributed by atoms with van der Waals surface area (Å²) in [4.78, 5) is 32.4. The second kappa shape index (κ2) is 6.17. The third kappa shape index (κ3) is 3.36. The summed E-state index contributed by atoms with van der Waals surface area (Å²) in [6.07, 6.45) is 2.57. The van der Waals surface area contributed by atoms with Crippen molar-refractivity contribution in [2.75, 3.05) is 0 Å². The quantitative estimate of drug-likeness (QED) is 0.906. The first-order chi connectivity index (χ1) is 9.92. The third-order valence-electron chi connectivity index (χ3n) is 3.34. The highest BCUT2D eigenvalue weighted by atomic mass is 32.1. The standard InChI is InChI=1S/C14H17N3O3S/c1-4-10-6-15-12(21-10)7-17-9(3)11(5-13(18)19)8(2)16-14(17)20/h6H,4-5,7H2,1-3H3,(H,18,19). The van der Waals surface area contributed by atoms with Gasteiger partial charge in [-0.2, -0.15) is 4.98 Å². The van der Waals surface area contributed by atoms with Gasteiger partial charge in [-0.15, -0.1) is 11.3 Å². The molecule has 2 rings (SSSR count). The van der Waals surface area contributed by atoms with E-state index in [2.05, 4.69) is 9.97 Å². The number of aliphatic carboxylic acids is 1. The highest BCUT2D eigenvalue weighted by Gasteiger charge is 2.15. The van der Waals surface area contributed by atoms with Crippen molar-refractivity contribution in [3.63, 3.8) is 0 Å². The Morgan fingerprint density at radius 3 is 2.71 bits per heavy atom. The molecule has 0 unspecified atom stereocenters. The summed E-state index contributed by atoms with van der Waals surface area (Å²) in [7, 11) is 0. The molecule has 112 valence electrons. The Bertz CT molecular complexity index is 734. The molecule has 0 spiro atoms. The molecule has 0 aliphatic heterocycles. The minimum Gasteiger partial charge on any atom is -0.481 e. The number of aryl methyl sites for hydroxylation is 2. The predicted molar refractivity (Wildman–Crippen MR) is 79.9 cm³/mol. The van der Waals surface area contributed by atoms with Gasteiger partial charge in [0, 0.05) is 28.0 Å². The number of hydrogen-bond acceptors (Lipinski definition) is 5. The molecule has 0 aromatic carbocycles. The molecule has 6 nitrogen and oxygen atoms in total. The molecular formula is C14H17N3O3S. The van der Waals surface area contributed by atoms with Gasteiger partial charge in [0.25, 0.3) is 0 Å². The van der Waals surface area contributed by atoms with Gasteiger partial charge in [-0.1, -0.05) is 6.92 Å². The molecule has 0 atom stereocenters. The van der Waals surface area contributed by atoms with E-state index in [4.69, 9.17) is 5.11 Å². The molecule has 0 bridgehead atoms. The first kappa shape index (κ1) is 15.4. The summed E-state index contributed by atoms with van der Waals surface area (Å²) in [5.74, 6) is -0.935. The van der Waals surface area contributed by atoms with Gasteiger partial charge in [0.15, 0.2) is 0 Å². The van der Waals surface area contributed by atoms with Gasteiger partial charge in [0.1, 0.15) is 5.01 Å². The zero-order valence-electron chi connectivity index (χ0n) is 12.2. The smallest absolute Gasteiger partial charge is 0.348 e. The van der Waals surface area contributed by atoms with Gasteiger partial charge in [-0.05, 0) is 20.3 Å². The molecular weight excluding hydrogens is 290 g/mol. The number of carboxylic acid groups (broad SMARTS) is 1. The molecule has 2 heterocycles. The van der Waals surface area contributed by atoms with Gasteiger partial charge in [-0.3, -0.25) is 9.36 Å². The zero-order valence-corrected chi connectivity index (χ0v) is 13.0. The third-order valence-corrected chi connectivity index (χ3v) is 4.47. The monoisotopic (exact) mass is 307 g/mol. The Kier molecular flexibility index (Phi) is 4.52. The van der Waals surface area contributed by atoms with Crippen LogP contribution in [0.25, 0.3) is 0 Å². The highest BCUT2D eigenvalue weighted by Crippen LogP contribution is 2.16. The molecule has 0 amide bonds. The van der Waals surface area contributed by atoms with Crippen molar-refractivity contribution in [1.29, 1.82) is 0 Å². The first-order valence-electron chi connectivity index (χ1n) is 6.64. The largest absolute Gasteiger partial charge is 0.481 e. The van der Waals surface area contributed by atoms with Gasteiger partial charge < -0.3 is 5.11 Å². The maximum Gasteiger partial charge on any atom is 0.348 e. The molecule has 0 aliphatic carbocycles. The molecule has 7 heteroatoms. The average Bonchev–Trinajstić information content (AvgIpc) is 2.87. The molecule has 2 aromatic rings. The lowest BCUT2D eigenvalue weighted by molar-refractivity contribution is -0.136. The summed E-state index contributed by atoms with van der Waals surface area (Å²) in [6.45, 7) is 5.79. The molecule has 0 aliphatic rings. The van der Waals surface area contributed by atoms with Crippen LogP contribution in [0.4, 0.5) is 0 Å². The fourth-order valence-corrected chi connectivity index (χ4v) is 3.00. The summed E-state index contributed by atoms with van der Waals surface area (Å²) < 4.78 is 1.49. The van der Waals surface area contributed by atoms with Crippen LogP contribution in [-0.2, 0) is 24.2 Å². The Morgan fingerprint density at radius 1 is 1.43 bits per heavy atom. The molecule has 1 N–H and O–H groups in total. The normalized spacial score (nSPS) is 10.8. The van der Waals surface area contributed by atoms with E-state index in [-0.39, 0.29) is 12.1 Å². The Labute approximate surface area is 126 Å². The lowest BCUT2D eigenvalue weighted by atomic mass is 10.1. The number of aromatic nitrogens is 3. The van der Waals surface area contributed by atoms with E-state index < -0.39 is 5.97 Å². The minimum absolute atomic E-state index is 0.136. The fraction of sp³-hybridized carbons (Fsp3) is 0.429. The first-order valence-corrected chi connectivity index (χ1v) is 7.46. The van der Waals surface area contributed by atoms with Crippen LogP contribution in [0.3, 0.4) is 0 Å². The number of carboxylic acids is 1. The SMILES string of the molecule is CCc1cnc(Cn2c(C)c(CC(=O)O)c(C)nc2=O)s1. The fourth-order valence-electron chi connectivity index (χ4n) is 2.15. The van der Waals surface area contributed by atoms with Crippen LogP contribution in [0.5, 0.6) is 0 Å². The summed E-state index contributed by atoms with van der Waals surface area (Å²) in [6, 6.07) is 0. The molecule has 0 radical (unpaired) electrons. The lowest BCUT2D eigenvalue weighted by Gasteiger charge is -2.13. The number of carbonyl (C=O) groups is 1. The predicted octanol–water partition coefficient (Wildman–Crippen LogP) is 1.55. The van der Waals surface area contributed by atoms with Crippen LogP contribution in [0.15, 0.2) is 11.0 Å².